The number of carbonyl (C=O) groups excluding carboxylic acids is 1. The van der Waals surface area contributed by atoms with Gasteiger partial charge in [0, 0.05) is 41.7 Å². The molecule has 0 saturated carbocycles. The van der Waals surface area contributed by atoms with Gasteiger partial charge in [0.05, 0.1) is 12.5 Å². The van der Waals surface area contributed by atoms with Crippen molar-refractivity contribution in [3.63, 3.8) is 0 Å². The molecule has 1 N–H and O–H groups in total. The molecule has 120 valence electrons. The zero-order chi connectivity index (χ0) is 15.4. The summed E-state index contributed by atoms with van der Waals surface area (Å²) in [6.07, 6.45) is 5.10. The van der Waals surface area contributed by atoms with Crippen molar-refractivity contribution in [1.82, 2.24) is 9.88 Å². The number of rotatable bonds is 0. The third-order valence-electron chi connectivity index (χ3n) is 6.22. The topological polar surface area (TPSA) is 45.3 Å². The molecule has 2 saturated heterocycles. The molecule has 23 heavy (non-hydrogen) atoms. The van der Waals surface area contributed by atoms with Crippen molar-refractivity contribution < 1.29 is 9.53 Å². The van der Waals surface area contributed by atoms with E-state index in [9.17, 15) is 4.79 Å². The number of aromatic amines is 1. The molecule has 3 aliphatic heterocycles. The summed E-state index contributed by atoms with van der Waals surface area (Å²) in [6.45, 7) is 2.59. The molecule has 2 bridgehead atoms. The molecule has 1 aromatic heterocycles. The molecule has 5 rings (SSSR count). The number of aromatic nitrogens is 1. The molecule has 2 atom stereocenters. The molecule has 2 fully saturated rings. The largest absolute Gasteiger partial charge is 0.377 e. The second-order valence-corrected chi connectivity index (χ2v) is 7.38. The Morgan fingerprint density at radius 1 is 1.26 bits per heavy atom. The smallest absolute Gasteiger partial charge is 0.227 e. The van der Waals surface area contributed by atoms with Crippen molar-refractivity contribution in [1.29, 1.82) is 0 Å². The van der Waals surface area contributed by atoms with E-state index >= 15 is 0 Å². The summed E-state index contributed by atoms with van der Waals surface area (Å²) in [5.74, 6) is 0.280. The van der Waals surface area contributed by atoms with Gasteiger partial charge >= 0.3 is 0 Å². The highest BCUT2D eigenvalue weighted by Crippen LogP contribution is 2.45. The lowest BCUT2D eigenvalue weighted by Gasteiger charge is -2.43. The number of amides is 1. The second-order valence-electron chi connectivity index (χ2n) is 7.38. The molecule has 4 heterocycles. The number of para-hydroxylation sites is 1. The molecule has 2 aromatic rings. The zero-order valence-corrected chi connectivity index (χ0v) is 13.3. The second kappa shape index (κ2) is 4.84. The summed E-state index contributed by atoms with van der Waals surface area (Å²) in [4.78, 5) is 18.6. The third kappa shape index (κ3) is 1.97. The lowest BCUT2D eigenvalue weighted by Crippen LogP contribution is -2.51. The fourth-order valence-electron chi connectivity index (χ4n) is 4.93. The van der Waals surface area contributed by atoms with E-state index in [0.29, 0.717) is 12.5 Å². The lowest BCUT2D eigenvalue weighted by molar-refractivity contribution is -0.136. The van der Waals surface area contributed by atoms with E-state index in [1.807, 2.05) is 0 Å². The van der Waals surface area contributed by atoms with Gasteiger partial charge in [0.1, 0.15) is 0 Å². The Kier molecular flexibility index (Phi) is 2.87. The van der Waals surface area contributed by atoms with Gasteiger partial charge in [-0.15, -0.1) is 0 Å². The maximum absolute atomic E-state index is 12.9. The van der Waals surface area contributed by atoms with E-state index in [2.05, 4.69) is 34.1 Å². The number of nitrogens with zero attached hydrogens (tertiary/aromatic N) is 1. The molecule has 1 aromatic carbocycles. The number of piperidine rings is 1. The Labute approximate surface area is 135 Å². The van der Waals surface area contributed by atoms with Crippen LogP contribution in [0, 0.1) is 5.41 Å². The van der Waals surface area contributed by atoms with Crippen molar-refractivity contribution in [2.75, 3.05) is 19.7 Å². The van der Waals surface area contributed by atoms with E-state index in [0.717, 1.165) is 50.9 Å². The minimum absolute atomic E-state index is 0.173. The van der Waals surface area contributed by atoms with Gasteiger partial charge in [-0.25, -0.2) is 0 Å². The number of ether oxygens (including phenoxy) is 1. The molecule has 4 nitrogen and oxygen atoms in total. The number of nitrogens with one attached hydrogen (secondary N) is 1. The van der Waals surface area contributed by atoms with Crippen LogP contribution in [0.15, 0.2) is 24.3 Å². The number of hydrogen-bond acceptors (Lipinski definition) is 2. The van der Waals surface area contributed by atoms with Gasteiger partial charge in [-0.1, -0.05) is 18.2 Å². The van der Waals surface area contributed by atoms with Crippen LogP contribution in [0.3, 0.4) is 0 Å². The van der Waals surface area contributed by atoms with Gasteiger partial charge in [-0.05, 0) is 37.3 Å². The van der Waals surface area contributed by atoms with Crippen LogP contribution < -0.4 is 0 Å². The van der Waals surface area contributed by atoms with Crippen LogP contribution in [0.5, 0.6) is 0 Å². The SMILES string of the molecule is O=C1Cc2c([nH]c3ccccc23)CC[C@]23CCO[C@H]2CCN1C3. The fraction of sp³-hybridized carbons (Fsp3) is 0.526. The highest BCUT2D eigenvalue weighted by atomic mass is 16.5. The van der Waals surface area contributed by atoms with E-state index in [1.54, 1.807) is 0 Å². The molecule has 1 amide bonds. The normalized spacial score (nSPS) is 30.5. The first-order chi connectivity index (χ1) is 11.3. The Morgan fingerprint density at radius 3 is 3.13 bits per heavy atom. The summed E-state index contributed by atoms with van der Waals surface area (Å²) in [5.41, 5.74) is 3.80. The molecule has 0 unspecified atom stereocenters. The van der Waals surface area contributed by atoms with Gasteiger partial charge in [0.15, 0.2) is 0 Å². The summed E-state index contributed by atoms with van der Waals surface area (Å²) in [6, 6.07) is 8.36. The van der Waals surface area contributed by atoms with Crippen molar-refractivity contribution in [3.05, 3.63) is 35.5 Å². The standard InChI is InChI=1S/C19H22N2O2/c22-18-11-14-13-3-1-2-4-15(13)20-16(14)5-7-19-8-10-23-17(19)6-9-21(18)12-19/h1-4,17,20H,5-12H2/t17-,19+/m0/s1. The van der Waals surface area contributed by atoms with E-state index in [1.165, 1.54) is 16.6 Å². The number of hydrogen-bond donors (Lipinski definition) is 1. The average Bonchev–Trinajstić information content (AvgIpc) is 3.14. The number of aryl methyl sites for hydroxylation is 1. The van der Waals surface area contributed by atoms with Crippen LogP contribution >= 0.6 is 0 Å². The number of H-pyrrole nitrogens is 1. The molecular weight excluding hydrogens is 288 g/mol. The maximum atomic E-state index is 12.9. The quantitative estimate of drug-likeness (QED) is 0.813. The Balaban J connectivity index is 1.62. The molecular formula is C19H22N2O2. The van der Waals surface area contributed by atoms with Crippen LogP contribution in [0.1, 0.15) is 30.5 Å². The third-order valence-corrected chi connectivity index (χ3v) is 6.22. The Bertz CT molecular complexity index is 781. The molecule has 3 aliphatic rings. The van der Waals surface area contributed by atoms with Gasteiger partial charge in [-0.2, -0.15) is 0 Å². The van der Waals surface area contributed by atoms with Gasteiger partial charge in [0.2, 0.25) is 5.91 Å². The van der Waals surface area contributed by atoms with Crippen LogP contribution in [0.25, 0.3) is 10.9 Å². The van der Waals surface area contributed by atoms with E-state index < -0.39 is 0 Å². The van der Waals surface area contributed by atoms with Crippen LogP contribution in [-0.2, 0) is 22.4 Å². The van der Waals surface area contributed by atoms with E-state index in [4.69, 9.17) is 4.74 Å². The van der Waals surface area contributed by atoms with Crippen LogP contribution in [0.4, 0.5) is 0 Å². The molecule has 0 radical (unpaired) electrons. The van der Waals surface area contributed by atoms with Gasteiger partial charge < -0.3 is 14.6 Å². The van der Waals surface area contributed by atoms with Crippen LogP contribution in [0.2, 0.25) is 0 Å². The predicted molar refractivity (Wildman–Crippen MR) is 88.3 cm³/mol. The summed E-state index contributed by atoms with van der Waals surface area (Å²) in [5, 5.41) is 1.21. The maximum Gasteiger partial charge on any atom is 0.227 e. The van der Waals surface area contributed by atoms with E-state index in [-0.39, 0.29) is 11.3 Å². The van der Waals surface area contributed by atoms with Crippen molar-refractivity contribution in [3.8, 4) is 0 Å². The van der Waals surface area contributed by atoms with Crippen molar-refractivity contribution in [2.45, 2.75) is 38.2 Å². The first-order valence-corrected chi connectivity index (χ1v) is 8.73. The monoisotopic (exact) mass is 310 g/mol. The fourth-order valence-corrected chi connectivity index (χ4v) is 4.93. The minimum Gasteiger partial charge on any atom is -0.377 e. The van der Waals surface area contributed by atoms with Gasteiger partial charge in [0.25, 0.3) is 0 Å². The van der Waals surface area contributed by atoms with Crippen LogP contribution in [-0.4, -0.2) is 41.6 Å². The predicted octanol–water partition coefficient (Wildman–Crippen LogP) is 2.66. The Hall–Kier alpha value is -1.81. The van der Waals surface area contributed by atoms with Crippen molar-refractivity contribution >= 4 is 16.8 Å². The highest BCUT2D eigenvalue weighted by molar-refractivity contribution is 5.90. The lowest BCUT2D eigenvalue weighted by atomic mass is 9.73. The zero-order valence-electron chi connectivity index (χ0n) is 13.3. The highest BCUT2D eigenvalue weighted by Gasteiger charge is 2.48. The number of benzene rings is 1. The van der Waals surface area contributed by atoms with Crippen molar-refractivity contribution in [2.24, 2.45) is 5.41 Å². The molecule has 1 spiro atoms. The molecule has 0 aliphatic carbocycles. The minimum atomic E-state index is 0.173. The Morgan fingerprint density at radius 2 is 2.17 bits per heavy atom. The summed E-state index contributed by atoms with van der Waals surface area (Å²) < 4.78 is 6.00. The number of carbonyl (C=O) groups is 1. The summed E-state index contributed by atoms with van der Waals surface area (Å²) >= 11 is 0. The number of fused-ring (bicyclic) bond motifs is 4. The first kappa shape index (κ1) is 13.6. The first-order valence-electron chi connectivity index (χ1n) is 8.73. The molecule has 4 heteroatoms. The average molecular weight is 310 g/mol. The van der Waals surface area contributed by atoms with Gasteiger partial charge in [-0.3, -0.25) is 4.79 Å². The summed E-state index contributed by atoms with van der Waals surface area (Å²) in [7, 11) is 0.